The van der Waals surface area contributed by atoms with E-state index in [0.717, 1.165) is 44.3 Å². The van der Waals surface area contributed by atoms with Crippen LogP contribution in [0.15, 0.2) is 27.8 Å². The number of nitrogens with zero attached hydrogens (tertiary/aromatic N) is 1. The first-order valence-electron chi connectivity index (χ1n) is 6.90. The van der Waals surface area contributed by atoms with E-state index in [0.29, 0.717) is 6.54 Å². The molecule has 0 aliphatic heterocycles. The van der Waals surface area contributed by atoms with Gasteiger partial charge in [0.15, 0.2) is 5.96 Å². The van der Waals surface area contributed by atoms with Crippen LogP contribution in [-0.4, -0.2) is 32.8 Å². The average Bonchev–Trinajstić information content (AvgIpc) is 2.93. The van der Waals surface area contributed by atoms with Crippen molar-refractivity contribution in [2.24, 2.45) is 4.99 Å². The summed E-state index contributed by atoms with van der Waals surface area (Å²) >= 11 is 0. The molecule has 0 unspecified atom stereocenters. The van der Waals surface area contributed by atoms with E-state index in [1.54, 1.807) is 13.4 Å². The van der Waals surface area contributed by atoms with Gasteiger partial charge in [-0.15, -0.1) is 24.0 Å². The molecular formula is C14H26IN3O2. The Morgan fingerprint density at radius 2 is 2.05 bits per heavy atom. The molecule has 0 aliphatic rings. The lowest BCUT2D eigenvalue weighted by molar-refractivity contribution is 0.195. The molecule has 116 valence electrons. The second kappa shape index (κ2) is 13.2. The first-order chi connectivity index (χ1) is 9.36. The number of unbranched alkanes of at least 4 members (excludes halogenated alkanes) is 1. The van der Waals surface area contributed by atoms with Crippen LogP contribution in [0.1, 0.15) is 31.9 Å². The number of aliphatic imine (C=N–C) groups is 1. The molecule has 0 aliphatic carbocycles. The van der Waals surface area contributed by atoms with Gasteiger partial charge in [0.05, 0.1) is 6.26 Å². The van der Waals surface area contributed by atoms with Gasteiger partial charge in [0.2, 0.25) is 0 Å². The third-order valence-electron chi connectivity index (χ3n) is 2.61. The maximum Gasteiger partial charge on any atom is 0.191 e. The van der Waals surface area contributed by atoms with Gasteiger partial charge in [-0.2, -0.15) is 0 Å². The van der Waals surface area contributed by atoms with E-state index >= 15 is 0 Å². The van der Waals surface area contributed by atoms with Crippen LogP contribution < -0.4 is 10.6 Å². The minimum atomic E-state index is 0. The van der Waals surface area contributed by atoms with E-state index in [9.17, 15) is 0 Å². The molecule has 0 bridgehead atoms. The van der Waals surface area contributed by atoms with E-state index < -0.39 is 0 Å². The average molecular weight is 395 g/mol. The fourth-order valence-electron chi connectivity index (χ4n) is 1.54. The zero-order chi connectivity index (χ0) is 13.8. The Kier molecular flexibility index (Phi) is 12.7. The highest BCUT2D eigenvalue weighted by molar-refractivity contribution is 14.0. The topological polar surface area (TPSA) is 58.8 Å². The van der Waals surface area contributed by atoms with E-state index in [-0.39, 0.29) is 24.0 Å². The molecule has 6 heteroatoms. The zero-order valence-corrected chi connectivity index (χ0v) is 14.7. The lowest BCUT2D eigenvalue weighted by Gasteiger charge is -2.11. The van der Waals surface area contributed by atoms with Gasteiger partial charge in [-0.25, -0.2) is 4.99 Å². The van der Waals surface area contributed by atoms with Gasteiger partial charge in [-0.05, 0) is 25.0 Å². The molecule has 0 saturated carbocycles. The number of methoxy groups -OCH3 is 1. The van der Waals surface area contributed by atoms with Gasteiger partial charge in [0.1, 0.15) is 12.3 Å². The predicted molar refractivity (Wildman–Crippen MR) is 92.7 cm³/mol. The van der Waals surface area contributed by atoms with Crippen molar-refractivity contribution < 1.29 is 9.15 Å². The Balaban J connectivity index is 0.00000361. The number of hydrogen-bond acceptors (Lipinski definition) is 3. The van der Waals surface area contributed by atoms with Gasteiger partial charge in [-0.1, -0.05) is 13.3 Å². The Morgan fingerprint density at radius 3 is 2.65 bits per heavy atom. The summed E-state index contributed by atoms with van der Waals surface area (Å²) in [5, 5.41) is 6.61. The fourth-order valence-corrected chi connectivity index (χ4v) is 1.54. The SMILES string of the molecule is CCCCNC(=NCc1ccco1)NCCCOC.I. The second-order valence-electron chi connectivity index (χ2n) is 4.30. The van der Waals surface area contributed by atoms with Crippen LogP contribution in [0.4, 0.5) is 0 Å². The van der Waals surface area contributed by atoms with Gasteiger partial charge in [-0.3, -0.25) is 0 Å². The number of halogens is 1. The van der Waals surface area contributed by atoms with Gasteiger partial charge in [0.25, 0.3) is 0 Å². The number of furan rings is 1. The van der Waals surface area contributed by atoms with E-state index in [4.69, 9.17) is 9.15 Å². The molecule has 0 amide bonds. The molecule has 0 saturated heterocycles. The first-order valence-corrected chi connectivity index (χ1v) is 6.90. The van der Waals surface area contributed by atoms with Crippen molar-refractivity contribution in [1.29, 1.82) is 0 Å². The molecule has 5 nitrogen and oxygen atoms in total. The van der Waals surface area contributed by atoms with Crippen LogP contribution >= 0.6 is 24.0 Å². The predicted octanol–water partition coefficient (Wildman–Crippen LogP) is 2.77. The Labute approximate surface area is 138 Å². The van der Waals surface area contributed by atoms with Crippen molar-refractivity contribution in [3.63, 3.8) is 0 Å². The normalized spacial score (nSPS) is 11.0. The van der Waals surface area contributed by atoms with Gasteiger partial charge in [0, 0.05) is 26.8 Å². The summed E-state index contributed by atoms with van der Waals surface area (Å²) in [7, 11) is 1.71. The number of rotatable bonds is 9. The van der Waals surface area contributed by atoms with Crippen LogP contribution in [0.3, 0.4) is 0 Å². The smallest absolute Gasteiger partial charge is 0.191 e. The Morgan fingerprint density at radius 1 is 1.30 bits per heavy atom. The van der Waals surface area contributed by atoms with Crippen molar-refractivity contribution in [3.8, 4) is 0 Å². The van der Waals surface area contributed by atoms with Crippen molar-refractivity contribution in [2.45, 2.75) is 32.7 Å². The summed E-state index contributed by atoms with van der Waals surface area (Å²) < 4.78 is 10.3. The third-order valence-corrected chi connectivity index (χ3v) is 2.61. The molecule has 0 spiro atoms. The minimum absolute atomic E-state index is 0. The van der Waals surface area contributed by atoms with Crippen LogP contribution in [0.5, 0.6) is 0 Å². The number of guanidine groups is 1. The standard InChI is InChI=1S/C14H25N3O2.HI/c1-3-4-8-15-14(16-9-6-10-18-2)17-12-13-7-5-11-19-13;/h5,7,11H,3-4,6,8-10,12H2,1-2H3,(H2,15,16,17);1H. The molecule has 1 rings (SSSR count). The van der Waals surface area contributed by atoms with Crippen molar-refractivity contribution in [3.05, 3.63) is 24.2 Å². The zero-order valence-electron chi connectivity index (χ0n) is 12.4. The molecule has 1 aromatic rings. The molecule has 1 heterocycles. The summed E-state index contributed by atoms with van der Waals surface area (Å²) in [5.41, 5.74) is 0. The molecule has 20 heavy (non-hydrogen) atoms. The van der Waals surface area contributed by atoms with Crippen molar-refractivity contribution in [2.75, 3.05) is 26.8 Å². The molecule has 2 N–H and O–H groups in total. The highest BCUT2D eigenvalue weighted by Gasteiger charge is 1.99. The van der Waals surface area contributed by atoms with E-state index in [1.165, 1.54) is 6.42 Å². The van der Waals surface area contributed by atoms with Crippen LogP contribution in [0.2, 0.25) is 0 Å². The maximum absolute atomic E-state index is 5.27. The molecule has 1 aromatic heterocycles. The molecule has 0 radical (unpaired) electrons. The van der Waals surface area contributed by atoms with Crippen molar-refractivity contribution in [1.82, 2.24) is 10.6 Å². The number of hydrogen-bond donors (Lipinski definition) is 2. The fraction of sp³-hybridized carbons (Fsp3) is 0.643. The van der Waals surface area contributed by atoms with Crippen LogP contribution in [0, 0.1) is 0 Å². The Bertz CT molecular complexity index is 342. The minimum Gasteiger partial charge on any atom is -0.467 e. The molecule has 0 fully saturated rings. The van der Waals surface area contributed by atoms with Gasteiger partial charge >= 0.3 is 0 Å². The summed E-state index contributed by atoms with van der Waals surface area (Å²) in [4.78, 5) is 4.50. The number of nitrogens with one attached hydrogen (secondary N) is 2. The lowest BCUT2D eigenvalue weighted by Crippen LogP contribution is -2.38. The monoisotopic (exact) mass is 395 g/mol. The van der Waals surface area contributed by atoms with Gasteiger partial charge < -0.3 is 19.8 Å². The maximum atomic E-state index is 5.27. The summed E-state index contributed by atoms with van der Waals surface area (Å²) in [6.45, 7) is 5.27. The van der Waals surface area contributed by atoms with Crippen molar-refractivity contribution >= 4 is 29.9 Å². The molecular weight excluding hydrogens is 369 g/mol. The number of ether oxygens (including phenoxy) is 1. The summed E-state index contributed by atoms with van der Waals surface area (Å²) in [5.74, 6) is 1.70. The molecule has 0 atom stereocenters. The lowest BCUT2D eigenvalue weighted by atomic mass is 10.3. The third kappa shape index (κ3) is 9.19. The summed E-state index contributed by atoms with van der Waals surface area (Å²) in [6, 6.07) is 3.80. The van der Waals surface area contributed by atoms with E-state index in [1.807, 2.05) is 12.1 Å². The second-order valence-corrected chi connectivity index (χ2v) is 4.30. The quantitative estimate of drug-likeness (QED) is 0.292. The van der Waals surface area contributed by atoms with Crippen LogP contribution in [0.25, 0.3) is 0 Å². The van der Waals surface area contributed by atoms with E-state index in [2.05, 4.69) is 22.5 Å². The highest BCUT2D eigenvalue weighted by Crippen LogP contribution is 2.01. The largest absolute Gasteiger partial charge is 0.467 e. The summed E-state index contributed by atoms with van der Waals surface area (Å²) in [6.07, 6.45) is 4.94. The Hall–Kier alpha value is -0.760. The highest BCUT2D eigenvalue weighted by atomic mass is 127. The molecule has 0 aromatic carbocycles. The van der Waals surface area contributed by atoms with Crippen LogP contribution in [-0.2, 0) is 11.3 Å². The first kappa shape index (κ1) is 19.2.